The predicted octanol–water partition coefficient (Wildman–Crippen LogP) is 8.74. The van der Waals surface area contributed by atoms with Crippen LogP contribution in [0.1, 0.15) is 84.3 Å². The van der Waals surface area contributed by atoms with Crippen molar-refractivity contribution in [1.29, 1.82) is 0 Å². The van der Waals surface area contributed by atoms with Crippen LogP contribution in [0.15, 0.2) is 78.3 Å². The quantitative estimate of drug-likeness (QED) is 0.240. The fourth-order valence-corrected chi connectivity index (χ4v) is 7.05. The van der Waals surface area contributed by atoms with E-state index in [1.807, 2.05) is 31.5 Å². The molecular formula is C36H41N3O2. The Kier molecular flexibility index (Phi) is 7.14. The van der Waals surface area contributed by atoms with Gasteiger partial charge in [-0.3, -0.25) is 4.79 Å². The number of amides is 1. The molecule has 2 heterocycles. The van der Waals surface area contributed by atoms with Crippen molar-refractivity contribution in [3.63, 3.8) is 0 Å². The summed E-state index contributed by atoms with van der Waals surface area (Å²) in [6.07, 6.45) is 14.5. The first-order valence-electron chi connectivity index (χ1n) is 15.0. The number of aryl methyl sites for hydroxylation is 2. The number of hydrogen-bond donors (Lipinski definition) is 1. The molecule has 41 heavy (non-hydrogen) atoms. The lowest BCUT2D eigenvalue weighted by Gasteiger charge is -2.47. The highest BCUT2D eigenvalue weighted by Gasteiger charge is 2.43. The molecule has 0 saturated heterocycles. The van der Waals surface area contributed by atoms with Crippen molar-refractivity contribution in [1.82, 2.24) is 9.88 Å². The monoisotopic (exact) mass is 547 g/mol. The van der Waals surface area contributed by atoms with Gasteiger partial charge in [-0.25, -0.2) is 0 Å². The minimum absolute atomic E-state index is 0.0528. The Bertz CT molecular complexity index is 1610. The average molecular weight is 548 g/mol. The number of carbonyl (C=O) groups is 1. The van der Waals surface area contributed by atoms with Crippen LogP contribution in [0.5, 0.6) is 0 Å². The third kappa shape index (κ3) is 4.71. The van der Waals surface area contributed by atoms with Gasteiger partial charge < -0.3 is 19.2 Å². The lowest BCUT2D eigenvalue weighted by atomic mass is 9.73. The normalized spacial score (nSPS) is 16.8. The number of furan rings is 1. The van der Waals surface area contributed by atoms with Gasteiger partial charge in [-0.1, -0.05) is 56.7 Å². The number of rotatable bonds is 8. The summed E-state index contributed by atoms with van der Waals surface area (Å²) in [5.41, 5.74) is 9.25. The van der Waals surface area contributed by atoms with Gasteiger partial charge in [0.25, 0.3) is 5.91 Å². The molecule has 212 valence electrons. The Morgan fingerprint density at radius 1 is 1.10 bits per heavy atom. The zero-order valence-electron chi connectivity index (χ0n) is 24.6. The predicted molar refractivity (Wildman–Crippen MR) is 169 cm³/mol. The molecule has 0 radical (unpaired) electrons. The second-order valence-corrected chi connectivity index (χ2v) is 12.0. The van der Waals surface area contributed by atoms with Gasteiger partial charge >= 0.3 is 0 Å². The molecule has 2 saturated carbocycles. The van der Waals surface area contributed by atoms with Gasteiger partial charge in [0.1, 0.15) is 0 Å². The highest BCUT2D eigenvalue weighted by Crippen LogP contribution is 2.44. The molecule has 0 spiro atoms. The molecule has 0 unspecified atom stereocenters. The first kappa shape index (κ1) is 27.2. The number of aromatic nitrogens is 1. The summed E-state index contributed by atoms with van der Waals surface area (Å²) in [6.45, 7) is 10.5. The first-order chi connectivity index (χ1) is 19.8. The smallest absolute Gasteiger partial charge is 0.252 e. The molecule has 2 aromatic carbocycles. The maximum Gasteiger partial charge on any atom is 0.252 e. The minimum Gasteiger partial charge on any atom is -0.472 e. The number of hydrogen-bond acceptors (Lipinski definition) is 3. The molecule has 2 aliphatic carbocycles. The van der Waals surface area contributed by atoms with Crippen LogP contribution in [0.4, 0.5) is 5.69 Å². The Hall–Kier alpha value is -3.99. The summed E-state index contributed by atoms with van der Waals surface area (Å²) < 4.78 is 7.75. The number of benzene rings is 2. The van der Waals surface area contributed by atoms with E-state index in [1.165, 1.54) is 48.7 Å². The molecule has 4 aromatic rings. The molecule has 2 aliphatic rings. The summed E-state index contributed by atoms with van der Waals surface area (Å²) in [5, 5.41) is 4.66. The molecule has 0 aliphatic heterocycles. The Balaban J connectivity index is 1.32. The fraction of sp³-hybridized carbons (Fsp3) is 0.361. The van der Waals surface area contributed by atoms with Crippen LogP contribution in [-0.4, -0.2) is 23.1 Å². The van der Waals surface area contributed by atoms with E-state index in [-0.39, 0.29) is 5.91 Å². The summed E-state index contributed by atoms with van der Waals surface area (Å²) in [7, 11) is 4.16. The standard InChI is InChI=1S/C36H41N3O2/c1-6-26-14-13-24(2)31(21-26)38(4)25(3)36(18-10-19-36)37-35(40)28-15-16-30-32(22-28)39(5)34(29-17-20-41-23-29)33(30)27-11-8-7-9-12-27/h6,13-17,20-23,27H,1,3,7-12,18-19H2,2,4-5H3,(H,37,40). The van der Waals surface area contributed by atoms with Crippen LogP contribution in [0.25, 0.3) is 28.2 Å². The van der Waals surface area contributed by atoms with Crippen molar-refractivity contribution < 1.29 is 9.21 Å². The van der Waals surface area contributed by atoms with Crippen molar-refractivity contribution >= 4 is 28.6 Å². The summed E-state index contributed by atoms with van der Waals surface area (Å²) in [4.78, 5) is 16.0. The van der Waals surface area contributed by atoms with Gasteiger partial charge in [0.05, 0.1) is 23.8 Å². The van der Waals surface area contributed by atoms with E-state index < -0.39 is 5.54 Å². The van der Waals surface area contributed by atoms with E-state index in [0.717, 1.165) is 52.9 Å². The molecule has 1 N–H and O–H groups in total. The van der Waals surface area contributed by atoms with Crippen LogP contribution < -0.4 is 10.2 Å². The van der Waals surface area contributed by atoms with Crippen LogP contribution >= 0.6 is 0 Å². The van der Waals surface area contributed by atoms with E-state index in [2.05, 4.69) is 72.2 Å². The molecule has 5 heteroatoms. The van der Waals surface area contributed by atoms with Gasteiger partial charge in [-0.2, -0.15) is 0 Å². The number of nitrogens with zero attached hydrogens (tertiary/aromatic N) is 2. The maximum atomic E-state index is 13.9. The van der Waals surface area contributed by atoms with Crippen molar-refractivity contribution in [2.75, 3.05) is 11.9 Å². The Morgan fingerprint density at radius 2 is 1.88 bits per heavy atom. The summed E-state index contributed by atoms with van der Waals surface area (Å²) in [6, 6.07) is 14.6. The number of nitrogens with one attached hydrogen (secondary N) is 1. The fourth-order valence-electron chi connectivity index (χ4n) is 7.05. The van der Waals surface area contributed by atoms with Gasteiger partial charge in [0.2, 0.25) is 0 Å². The van der Waals surface area contributed by atoms with E-state index in [1.54, 1.807) is 6.26 Å². The third-order valence-corrected chi connectivity index (χ3v) is 9.66. The van der Waals surface area contributed by atoms with E-state index in [9.17, 15) is 4.79 Å². The maximum absolute atomic E-state index is 13.9. The van der Waals surface area contributed by atoms with Crippen LogP contribution in [0, 0.1) is 6.92 Å². The summed E-state index contributed by atoms with van der Waals surface area (Å²) >= 11 is 0. The Morgan fingerprint density at radius 3 is 2.54 bits per heavy atom. The van der Waals surface area contributed by atoms with Crippen LogP contribution in [-0.2, 0) is 7.05 Å². The van der Waals surface area contributed by atoms with Crippen molar-refractivity contribution in [2.24, 2.45) is 7.05 Å². The number of anilines is 1. The van der Waals surface area contributed by atoms with E-state index >= 15 is 0 Å². The van der Waals surface area contributed by atoms with Crippen molar-refractivity contribution in [3.05, 3.63) is 96.1 Å². The molecule has 0 bridgehead atoms. The second kappa shape index (κ2) is 10.8. The average Bonchev–Trinajstić information content (AvgIpc) is 3.61. The highest BCUT2D eigenvalue weighted by molar-refractivity contribution is 6.01. The number of fused-ring (bicyclic) bond motifs is 1. The molecule has 0 atom stereocenters. The van der Waals surface area contributed by atoms with Gasteiger partial charge in [-0.05, 0) is 85.9 Å². The first-order valence-corrected chi connectivity index (χ1v) is 15.0. The molecule has 6 rings (SSSR count). The molecule has 2 aromatic heterocycles. The largest absolute Gasteiger partial charge is 0.472 e. The molecule has 2 fully saturated rings. The van der Waals surface area contributed by atoms with Gasteiger partial charge in [0.15, 0.2) is 0 Å². The third-order valence-electron chi connectivity index (χ3n) is 9.66. The van der Waals surface area contributed by atoms with E-state index in [0.29, 0.717) is 11.5 Å². The lowest BCUT2D eigenvalue weighted by Crippen LogP contribution is -2.57. The van der Waals surface area contributed by atoms with Gasteiger partial charge in [0, 0.05) is 47.5 Å². The van der Waals surface area contributed by atoms with Gasteiger partial charge in [-0.15, -0.1) is 0 Å². The SMILES string of the molecule is C=Cc1ccc(C)c(N(C)C(=C)C2(NC(=O)c3ccc4c(C5CCCCC5)c(-c5ccoc5)n(C)c4c3)CCC2)c1. The zero-order valence-corrected chi connectivity index (χ0v) is 24.6. The number of likely N-dealkylation sites (N-methyl/N-ethyl adjacent to an activating group) is 1. The molecular weight excluding hydrogens is 506 g/mol. The second-order valence-electron chi connectivity index (χ2n) is 12.0. The lowest BCUT2D eigenvalue weighted by molar-refractivity contribution is 0.0865. The zero-order chi connectivity index (χ0) is 28.7. The van der Waals surface area contributed by atoms with Crippen molar-refractivity contribution in [2.45, 2.75) is 69.7 Å². The minimum atomic E-state index is -0.458. The van der Waals surface area contributed by atoms with Crippen molar-refractivity contribution in [3.8, 4) is 11.3 Å². The van der Waals surface area contributed by atoms with E-state index in [4.69, 9.17) is 4.42 Å². The van der Waals surface area contributed by atoms with Crippen LogP contribution in [0.2, 0.25) is 0 Å². The number of carbonyl (C=O) groups excluding carboxylic acids is 1. The molecule has 5 nitrogen and oxygen atoms in total. The Labute approximate surface area is 243 Å². The van der Waals surface area contributed by atoms with Crippen LogP contribution in [0.3, 0.4) is 0 Å². The summed E-state index contributed by atoms with van der Waals surface area (Å²) in [5.74, 6) is 0.472. The topological polar surface area (TPSA) is 50.4 Å². The molecule has 1 amide bonds. The highest BCUT2D eigenvalue weighted by atomic mass is 16.3.